The number of carboxylic acid groups (broad SMARTS) is 6. The van der Waals surface area contributed by atoms with E-state index in [4.69, 9.17) is 15.3 Å². The van der Waals surface area contributed by atoms with Crippen molar-refractivity contribution in [1.82, 2.24) is 0 Å². The van der Waals surface area contributed by atoms with E-state index in [0.717, 1.165) is 0 Å². The van der Waals surface area contributed by atoms with Crippen LogP contribution in [0.4, 0.5) is 0 Å². The maximum Gasteiger partial charge on any atom is 0.328 e. The Morgan fingerprint density at radius 2 is 0.731 bits per heavy atom. The fraction of sp³-hybridized carbons (Fsp3) is 0.0769. The third-order valence-corrected chi connectivity index (χ3v) is 7.42. The van der Waals surface area contributed by atoms with Gasteiger partial charge in [-0.15, -0.1) is 0 Å². The van der Waals surface area contributed by atoms with Gasteiger partial charge in [0.1, 0.15) is 0 Å². The molecular formula is C13H12O12Si. The van der Waals surface area contributed by atoms with Gasteiger partial charge in [0.2, 0.25) is 0 Å². The standard InChI is InChI=1S/C13H12O12Si/c1-26(5(11(20)21)2-8(14)15,6(12(22)23)3-9(16)17)7(13(24)25)4-10(18)19/h2-4H,1H3,(H,14,15)(H,16,17)(H,18,19)(H,20,21)(H,22,23)(H,24,25)/b5-2+,6-3+,7-4+. The first kappa shape index (κ1) is 22.3. The molecule has 0 saturated heterocycles. The SMILES string of the molecule is C[Si](/C(=C/C(=O)O)C(=O)O)(/C(=C/C(=O)O)C(=O)O)/C(=C/C(=O)O)C(=O)O. The Morgan fingerprint density at radius 3 is 0.846 bits per heavy atom. The van der Waals surface area contributed by atoms with E-state index in [1.165, 1.54) is 0 Å². The maximum absolute atomic E-state index is 11.5. The molecule has 0 heterocycles. The van der Waals surface area contributed by atoms with Crippen molar-refractivity contribution in [2.24, 2.45) is 0 Å². The number of rotatable bonds is 9. The predicted molar refractivity (Wildman–Crippen MR) is 81.7 cm³/mol. The molecule has 12 nitrogen and oxygen atoms in total. The third-order valence-electron chi connectivity index (χ3n) is 3.11. The van der Waals surface area contributed by atoms with Crippen molar-refractivity contribution >= 4 is 43.9 Å². The molecule has 0 saturated carbocycles. The molecule has 0 fully saturated rings. The first-order chi connectivity index (χ1) is 11.7. The molecular weight excluding hydrogens is 376 g/mol. The van der Waals surface area contributed by atoms with Crippen LogP contribution in [0.25, 0.3) is 0 Å². The van der Waals surface area contributed by atoms with E-state index in [2.05, 4.69) is 0 Å². The van der Waals surface area contributed by atoms with Crippen LogP contribution in [0.2, 0.25) is 6.55 Å². The molecule has 0 bridgehead atoms. The van der Waals surface area contributed by atoms with Gasteiger partial charge in [0, 0.05) is 33.8 Å². The van der Waals surface area contributed by atoms with Crippen LogP contribution >= 0.6 is 0 Å². The van der Waals surface area contributed by atoms with Gasteiger partial charge in [0.05, 0.1) is 0 Å². The maximum atomic E-state index is 11.5. The zero-order chi connectivity index (χ0) is 20.8. The van der Waals surface area contributed by atoms with Crippen LogP contribution in [-0.2, 0) is 28.8 Å². The number of carboxylic acids is 6. The monoisotopic (exact) mass is 388 g/mol. The highest BCUT2D eigenvalue weighted by Crippen LogP contribution is 2.32. The molecule has 0 atom stereocenters. The molecule has 6 N–H and O–H groups in total. The zero-order valence-corrected chi connectivity index (χ0v) is 13.9. The summed E-state index contributed by atoms with van der Waals surface area (Å²) in [5, 5.41) is 50.5. The normalized spacial score (nSPS) is 13.0. The Bertz CT molecular complexity index is 682. The van der Waals surface area contributed by atoms with Crippen molar-refractivity contribution in [2.45, 2.75) is 6.55 Å². The molecule has 0 aromatic rings. The molecule has 0 amide bonds. The average Bonchev–Trinajstić information content (AvgIpc) is 2.45. The van der Waals surface area contributed by atoms with E-state index in [0.29, 0.717) is 6.55 Å². The number of hydrogen-bond donors (Lipinski definition) is 6. The molecule has 0 radical (unpaired) electrons. The first-order valence-corrected chi connectivity index (χ1v) is 8.80. The van der Waals surface area contributed by atoms with Crippen molar-refractivity contribution in [1.29, 1.82) is 0 Å². The molecule has 0 aromatic carbocycles. The van der Waals surface area contributed by atoms with Crippen LogP contribution in [0.5, 0.6) is 0 Å². The van der Waals surface area contributed by atoms with Gasteiger partial charge in [-0.3, -0.25) is 0 Å². The smallest absolute Gasteiger partial charge is 0.328 e. The van der Waals surface area contributed by atoms with E-state index in [1.807, 2.05) is 0 Å². The van der Waals surface area contributed by atoms with Gasteiger partial charge in [0.25, 0.3) is 0 Å². The highest BCUT2D eigenvalue weighted by Gasteiger charge is 2.50. The first-order valence-electron chi connectivity index (χ1n) is 6.30. The lowest BCUT2D eigenvalue weighted by atomic mass is 10.4. The molecule has 0 aromatic heterocycles. The van der Waals surface area contributed by atoms with Crippen LogP contribution in [0.3, 0.4) is 0 Å². The minimum Gasteiger partial charge on any atom is -0.478 e. The van der Waals surface area contributed by atoms with Gasteiger partial charge in [-0.25, -0.2) is 28.8 Å². The van der Waals surface area contributed by atoms with Gasteiger partial charge in [-0.2, -0.15) is 0 Å². The molecule has 0 aliphatic carbocycles. The highest BCUT2D eigenvalue weighted by atomic mass is 28.3. The topological polar surface area (TPSA) is 224 Å². The number of carbonyl (C=O) groups is 6. The Balaban J connectivity index is 7.41. The molecule has 26 heavy (non-hydrogen) atoms. The number of aliphatic carboxylic acids is 6. The van der Waals surface area contributed by atoms with Gasteiger partial charge < -0.3 is 30.6 Å². The van der Waals surface area contributed by atoms with Gasteiger partial charge in [-0.1, -0.05) is 6.55 Å². The van der Waals surface area contributed by atoms with E-state index in [-0.39, 0.29) is 18.2 Å². The van der Waals surface area contributed by atoms with Crippen LogP contribution in [0.1, 0.15) is 0 Å². The Morgan fingerprint density at radius 1 is 0.538 bits per heavy atom. The summed E-state index contributed by atoms with van der Waals surface area (Å²) < 4.78 is 0. The van der Waals surface area contributed by atoms with Gasteiger partial charge in [0.15, 0.2) is 8.07 Å². The van der Waals surface area contributed by atoms with Crippen molar-refractivity contribution in [3.8, 4) is 0 Å². The average molecular weight is 388 g/mol. The van der Waals surface area contributed by atoms with Crippen molar-refractivity contribution in [3.05, 3.63) is 33.8 Å². The minimum atomic E-state index is -4.87. The summed E-state index contributed by atoms with van der Waals surface area (Å²) in [5.41, 5.74) is 0. The Kier molecular flexibility index (Phi) is 7.18. The van der Waals surface area contributed by atoms with E-state index in [9.17, 15) is 44.1 Å². The highest BCUT2D eigenvalue weighted by molar-refractivity contribution is 7.05. The van der Waals surface area contributed by atoms with Crippen molar-refractivity contribution in [2.75, 3.05) is 0 Å². The minimum absolute atomic E-state index is 0.00577. The summed E-state index contributed by atoms with van der Waals surface area (Å²) in [6.45, 7) is 0.710. The van der Waals surface area contributed by atoms with Crippen LogP contribution < -0.4 is 0 Å². The van der Waals surface area contributed by atoms with E-state index < -0.39 is 59.5 Å². The van der Waals surface area contributed by atoms with E-state index in [1.54, 1.807) is 0 Å². The molecule has 0 rings (SSSR count). The van der Waals surface area contributed by atoms with Crippen LogP contribution in [0.15, 0.2) is 33.8 Å². The molecule has 140 valence electrons. The van der Waals surface area contributed by atoms with Crippen molar-refractivity contribution < 1.29 is 59.4 Å². The predicted octanol–water partition coefficient (Wildman–Crippen LogP) is -1.03. The summed E-state index contributed by atoms with van der Waals surface area (Å²) in [6.07, 6.45) is 0.0173. The van der Waals surface area contributed by atoms with Crippen LogP contribution in [0, 0.1) is 0 Å². The lowest BCUT2D eigenvalue weighted by molar-refractivity contribution is -0.135. The molecule has 0 spiro atoms. The summed E-state index contributed by atoms with van der Waals surface area (Å²) in [5.74, 6) is -11.8. The Labute approximate surface area is 144 Å². The second-order valence-corrected chi connectivity index (χ2v) is 8.60. The van der Waals surface area contributed by atoms with E-state index >= 15 is 0 Å². The second kappa shape index (κ2) is 8.38. The van der Waals surface area contributed by atoms with Gasteiger partial charge >= 0.3 is 35.8 Å². The second-order valence-electron chi connectivity index (χ2n) is 4.73. The van der Waals surface area contributed by atoms with Gasteiger partial charge in [-0.05, 0) is 0 Å². The van der Waals surface area contributed by atoms with Crippen LogP contribution in [-0.4, -0.2) is 74.5 Å². The lowest BCUT2D eigenvalue weighted by Crippen LogP contribution is -2.48. The summed E-state index contributed by atoms with van der Waals surface area (Å²) in [7, 11) is -4.87. The number of hydrogen-bond acceptors (Lipinski definition) is 6. The lowest BCUT2D eigenvalue weighted by Gasteiger charge is -2.28. The Hall–Kier alpha value is -3.74. The fourth-order valence-electron chi connectivity index (χ4n) is 2.07. The zero-order valence-electron chi connectivity index (χ0n) is 12.9. The van der Waals surface area contributed by atoms with Crippen molar-refractivity contribution in [3.63, 3.8) is 0 Å². The molecule has 0 aliphatic rings. The fourth-order valence-corrected chi connectivity index (χ4v) is 5.46. The summed E-state index contributed by atoms with van der Waals surface area (Å²) in [6, 6.07) is 0. The quantitative estimate of drug-likeness (QED) is 0.206. The molecule has 0 unspecified atom stereocenters. The summed E-state index contributed by atoms with van der Waals surface area (Å²) in [4.78, 5) is 67.1. The molecule has 13 heteroatoms. The third kappa shape index (κ3) is 5.13. The largest absolute Gasteiger partial charge is 0.478 e. The molecule has 0 aliphatic heterocycles. The summed E-state index contributed by atoms with van der Waals surface area (Å²) >= 11 is 0.